The molecule has 6 heteroatoms. The highest BCUT2D eigenvalue weighted by atomic mass is 35.5. The molecule has 0 fully saturated rings. The summed E-state index contributed by atoms with van der Waals surface area (Å²) in [5.41, 5.74) is 0.699. The number of amides is 2. The second kappa shape index (κ2) is 5.27. The Morgan fingerprint density at radius 3 is 2.59 bits per heavy atom. The zero-order valence-corrected chi connectivity index (χ0v) is 9.48. The molecule has 1 aromatic carbocycles. The van der Waals surface area contributed by atoms with Crippen LogP contribution in [0, 0.1) is 0 Å². The highest BCUT2D eigenvalue weighted by Gasteiger charge is 2.03. The highest BCUT2D eigenvalue weighted by molar-refractivity contribution is 6.29. The molecule has 1 aromatic heterocycles. The topological polar surface area (TPSA) is 66.9 Å². The van der Waals surface area contributed by atoms with Crippen LogP contribution in [0.2, 0.25) is 5.15 Å². The van der Waals surface area contributed by atoms with Crippen molar-refractivity contribution >= 4 is 29.1 Å². The van der Waals surface area contributed by atoms with E-state index in [2.05, 4.69) is 20.6 Å². The van der Waals surface area contributed by atoms with Gasteiger partial charge in [0.1, 0.15) is 17.3 Å². The fourth-order valence-corrected chi connectivity index (χ4v) is 1.35. The molecule has 0 aliphatic heterocycles. The smallest absolute Gasteiger partial charge is 0.308 e. The van der Waals surface area contributed by atoms with Gasteiger partial charge in [-0.15, -0.1) is 0 Å². The minimum Gasteiger partial charge on any atom is -0.308 e. The first-order valence-electron chi connectivity index (χ1n) is 4.84. The van der Waals surface area contributed by atoms with Gasteiger partial charge in [0.2, 0.25) is 0 Å². The van der Waals surface area contributed by atoms with Crippen LogP contribution >= 0.6 is 11.6 Å². The monoisotopic (exact) mass is 248 g/mol. The first kappa shape index (κ1) is 11.3. The number of nitrogens with zero attached hydrogens (tertiary/aromatic N) is 2. The van der Waals surface area contributed by atoms with Crippen molar-refractivity contribution < 1.29 is 4.79 Å². The molecular weight excluding hydrogens is 240 g/mol. The van der Waals surface area contributed by atoms with Crippen molar-refractivity contribution in [3.8, 4) is 0 Å². The van der Waals surface area contributed by atoms with Crippen LogP contribution in [0.25, 0.3) is 0 Å². The lowest BCUT2D eigenvalue weighted by Crippen LogP contribution is -2.20. The van der Waals surface area contributed by atoms with E-state index >= 15 is 0 Å². The summed E-state index contributed by atoms with van der Waals surface area (Å²) >= 11 is 5.67. The number of anilines is 2. The summed E-state index contributed by atoms with van der Waals surface area (Å²) in [5, 5.41) is 5.48. The van der Waals surface area contributed by atoms with Crippen LogP contribution in [0.5, 0.6) is 0 Å². The van der Waals surface area contributed by atoms with Crippen LogP contribution in [0.1, 0.15) is 0 Å². The molecule has 2 N–H and O–H groups in total. The predicted octanol–water partition coefficient (Wildman–Crippen LogP) is 2.77. The minimum atomic E-state index is -0.383. The van der Waals surface area contributed by atoms with E-state index in [0.717, 1.165) is 0 Å². The Labute approximate surface area is 103 Å². The van der Waals surface area contributed by atoms with E-state index in [4.69, 9.17) is 11.6 Å². The van der Waals surface area contributed by atoms with Gasteiger partial charge in [0.05, 0.1) is 0 Å². The first-order valence-corrected chi connectivity index (χ1v) is 5.22. The molecule has 0 aliphatic rings. The summed E-state index contributed by atoms with van der Waals surface area (Å²) in [6, 6.07) is 10.2. The van der Waals surface area contributed by atoms with E-state index in [9.17, 15) is 4.79 Å². The van der Waals surface area contributed by atoms with Crippen LogP contribution in [0.15, 0.2) is 42.7 Å². The van der Waals surface area contributed by atoms with Crippen LogP contribution in [-0.4, -0.2) is 16.0 Å². The number of hydrogen-bond acceptors (Lipinski definition) is 3. The molecule has 0 spiro atoms. The third-order valence-electron chi connectivity index (χ3n) is 1.91. The molecule has 0 aliphatic carbocycles. The van der Waals surface area contributed by atoms with Gasteiger partial charge < -0.3 is 5.32 Å². The molecule has 1 heterocycles. The van der Waals surface area contributed by atoms with Gasteiger partial charge in [0, 0.05) is 11.8 Å². The number of urea groups is 1. The fraction of sp³-hybridized carbons (Fsp3) is 0. The number of hydrogen-bond donors (Lipinski definition) is 2. The Morgan fingerprint density at radius 2 is 1.88 bits per heavy atom. The summed E-state index contributed by atoms with van der Waals surface area (Å²) in [7, 11) is 0. The average Bonchev–Trinajstić information content (AvgIpc) is 2.30. The maximum Gasteiger partial charge on any atom is 0.324 e. The molecule has 0 radical (unpaired) electrons. The third kappa shape index (κ3) is 3.42. The maximum atomic E-state index is 11.6. The standard InChI is InChI=1S/C11H9ClN4O/c12-9-6-10(14-7-13-9)16-11(17)15-8-4-2-1-3-5-8/h1-7H,(H2,13,14,15,16,17). The molecule has 2 aromatic rings. The van der Waals surface area contributed by atoms with Crippen molar-refractivity contribution in [3.05, 3.63) is 47.9 Å². The summed E-state index contributed by atoms with van der Waals surface area (Å²) in [4.78, 5) is 19.1. The third-order valence-corrected chi connectivity index (χ3v) is 2.11. The predicted molar refractivity (Wildman–Crippen MR) is 66.1 cm³/mol. The number of rotatable bonds is 2. The van der Waals surface area contributed by atoms with E-state index in [0.29, 0.717) is 11.5 Å². The Morgan fingerprint density at radius 1 is 1.12 bits per heavy atom. The molecule has 0 atom stereocenters. The second-order valence-corrected chi connectivity index (χ2v) is 3.56. The Kier molecular flexibility index (Phi) is 3.52. The summed E-state index contributed by atoms with van der Waals surface area (Å²) < 4.78 is 0. The zero-order valence-electron chi connectivity index (χ0n) is 8.72. The van der Waals surface area contributed by atoms with Crippen molar-refractivity contribution in [2.45, 2.75) is 0 Å². The van der Waals surface area contributed by atoms with Crippen molar-refractivity contribution in [1.82, 2.24) is 9.97 Å². The van der Waals surface area contributed by atoms with E-state index in [1.807, 2.05) is 18.2 Å². The molecule has 0 unspecified atom stereocenters. The van der Waals surface area contributed by atoms with Crippen LogP contribution in [0.4, 0.5) is 16.3 Å². The van der Waals surface area contributed by atoms with Gasteiger partial charge in [-0.05, 0) is 12.1 Å². The van der Waals surface area contributed by atoms with E-state index in [-0.39, 0.29) is 11.2 Å². The molecule has 0 bridgehead atoms. The van der Waals surface area contributed by atoms with E-state index < -0.39 is 0 Å². The van der Waals surface area contributed by atoms with Crippen molar-refractivity contribution in [2.75, 3.05) is 10.6 Å². The number of aromatic nitrogens is 2. The molecule has 17 heavy (non-hydrogen) atoms. The number of nitrogens with one attached hydrogen (secondary N) is 2. The lowest BCUT2D eigenvalue weighted by molar-refractivity contribution is 0.262. The van der Waals surface area contributed by atoms with Gasteiger partial charge in [-0.25, -0.2) is 14.8 Å². The number of benzene rings is 1. The van der Waals surface area contributed by atoms with Gasteiger partial charge in [0.25, 0.3) is 0 Å². The van der Waals surface area contributed by atoms with Crippen molar-refractivity contribution in [1.29, 1.82) is 0 Å². The number of para-hydroxylation sites is 1. The van der Waals surface area contributed by atoms with Gasteiger partial charge in [-0.1, -0.05) is 29.8 Å². The van der Waals surface area contributed by atoms with Crippen LogP contribution < -0.4 is 10.6 Å². The van der Waals surface area contributed by atoms with Gasteiger partial charge >= 0.3 is 6.03 Å². The zero-order chi connectivity index (χ0) is 12.1. The quantitative estimate of drug-likeness (QED) is 0.803. The van der Waals surface area contributed by atoms with E-state index in [1.54, 1.807) is 12.1 Å². The highest BCUT2D eigenvalue weighted by Crippen LogP contribution is 2.10. The number of halogens is 1. The Bertz CT molecular complexity index is 518. The minimum absolute atomic E-state index is 0.273. The molecule has 2 rings (SSSR count). The number of carbonyl (C=O) groups is 1. The molecule has 0 saturated carbocycles. The van der Waals surface area contributed by atoms with Crippen LogP contribution in [0.3, 0.4) is 0 Å². The lowest BCUT2D eigenvalue weighted by atomic mass is 10.3. The molecule has 86 valence electrons. The van der Waals surface area contributed by atoms with Crippen molar-refractivity contribution in [3.63, 3.8) is 0 Å². The van der Waals surface area contributed by atoms with Crippen LogP contribution in [-0.2, 0) is 0 Å². The molecule has 2 amide bonds. The molecule has 0 saturated heterocycles. The largest absolute Gasteiger partial charge is 0.324 e. The molecule has 5 nitrogen and oxygen atoms in total. The SMILES string of the molecule is O=C(Nc1ccccc1)Nc1cc(Cl)ncn1. The summed E-state index contributed by atoms with van der Waals surface area (Å²) in [5.74, 6) is 0.346. The van der Waals surface area contributed by atoms with Gasteiger partial charge in [-0.2, -0.15) is 0 Å². The summed E-state index contributed by atoms with van der Waals surface area (Å²) in [6.45, 7) is 0. The van der Waals surface area contributed by atoms with E-state index in [1.165, 1.54) is 12.4 Å². The van der Waals surface area contributed by atoms with Gasteiger partial charge in [0.15, 0.2) is 0 Å². The average molecular weight is 249 g/mol. The fourth-order valence-electron chi connectivity index (χ4n) is 1.20. The normalized spacial score (nSPS) is 9.71. The number of carbonyl (C=O) groups excluding carboxylic acids is 1. The molecular formula is C11H9ClN4O. The Balaban J connectivity index is 1.98. The van der Waals surface area contributed by atoms with Crippen molar-refractivity contribution in [2.24, 2.45) is 0 Å². The van der Waals surface area contributed by atoms with Gasteiger partial charge in [-0.3, -0.25) is 5.32 Å². The maximum absolute atomic E-state index is 11.6. The second-order valence-electron chi connectivity index (χ2n) is 3.17. The first-order chi connectivity index (χ1) is 8.24. The lowest BCUT2D eigenvalue weighted by Gasteiger charge is -2.06. The summed E-state index contributed by atoms with van der Waals surface area (Å²) in [6.07, 6.45) is 1.28. The Hall–Kier alpha value is -2.14.